The summed E-state index contributed by atoms with van der Waals surface area (Å²) in [6.45, 7) is 4.55. The van der Waals surface area contributed by atoms with E-state index in [9.17, 15) is 4.79 Å². The first-order chi connectivity index (χ1) is 8.31. The maximum atomic E-state index is 12.3. The molecule has 2 heterocycles. The van der Waals surface area contributed by atoms with E-state index in [0.29, 0.717) is 11.8 Å². The molecule has 2 aliphatic rings. The van der Waals surface area contributed by atoms with Gasteiger partial charge in [0.05, 0.1) is 12.5 Å². The van der Waals surface area contributed by atoms with Gasteiger partial charge in [0.1, 0.15) is 0 Å². The molecular weight excluding hydrogens is 252 g/mol. The highest BCUT2D eigenvalue weighted by atomic mass is 35.5. The lowest BCUT2D eigenvalue weighted by molar-refractivity contribution is -0.138. The second-order valence-corrected chi connectivity index (χ2v) is 5.29. The molecular formula is C13H25ClN2O2. The first kappa shape index (κ1) is 15.7. The topological polar surface area (TPSA) is 41.6 Å². The van der Waals surface area contributed by atoms with Gasteiger partial charge in [0.25, 0.3) is 0 Å². The van der Waals surface area contributed by atoms with E-state index in [-0.39, 0.29) is 18.3 Å². The Kier molecular flexibility index (Phi) is 6.97. The van der Waals surface area contributed by atoms with E-state index in [1.807, 2.05) is 0 Å². The zero-order valence-corrected chi connectivity index (χ0v) is 12.0. The third-order valence-corrected chi connectivity index (χ3v) is 3.88. The number of piperidine rings is 2. The Bertz CT molecular complexity index is 255. The van der Waals surface area contributed by atoms with Gasteiger partial charge in [0, 0.05) is 26.7 Å². The van der Waals surface area contributed by atoms with Crippen LogP contribution in [0.25, 0.3) is 0 Å². The Hall–Kier alpha value is -0.320. The highest BCUT2D eigenvalue weighted by Crippen LogP contribution is 2.20. The van der Waals surface area contributed by atoms with Crippen molar-refractivity contribution in [2.45, 2.75) is 25.7 Å². The molecule has 18 heavy (non-hydrogen) atoms. The number of rotatable bonds is 3. The second kappa shape index (κ2) is 7.97. The fourth-order valence-corrected chi connectivity index (χ4v) is 2.96. The van der Waals surface area contributed by atoms with Gasteiger partial charge in [-0.05, 0) is 38.1 Å². The summed E-state index contributed by atoms with van der Waals surface area (Å²) < 4.78 is 5.20. The number of nitrogens with zero attached hydrogens (tertiary/aromatic N) is 1. The predicted molar refractivity (Wildman–Crippen MR) is 74.0 cm³/mol. The largest absolute Gasteiger partial charge is 0.384 e. The van der Waals surface area contributed by atoms with E-state index >= 15 is 0 Å². The fraction of sp³-hybridized carbons (Fsp3) is 0.923. The third kappa shape index (κ3) is 4.11. The molecule has 106 valence electrons. The van der Waals surface area contributed by atoms with E-state index in [1.54, 1.807) is 7.11 Å². The fourth-order valence-electron chi connectivity index (χ4n) is 2.96. The molecule has 1 amide bonds. The molecule has 0 spiro atoms. The Morgan fingerprint density at radius 1 is 1.39 bits per heavy atom. The van der Waals surface area contributed by atoms with Crippen LogP contribution < -0.4 is 5.32 Å². The maximum absolute atomic E-state index is 12.3. The van der Waals surface area contributed by atoms with Crippen molar-refractivity contribution < 1.29 is 9.53 Å². The molecule has 0 bridgehead atoms. The van der Waals surface area contributed by atoms with Crippen LogP contribution in [0.15, 0.2) is 0 Å². The summed E-state index contributed by atoms with van der Waals surface area (Å²) in [6, 6.07) is 0. The van der Waals surface area contributed by atoms with E-state index in [1.165, 1.54) is 6.42 Å². The molecule has 0 radical (unpaired) electrons. The molecule has 0 aromatic carbocycles. The van der Waals surface area contributed by atoms with Gasteiger partial charge in [0.15, 0.2) is 0 Å². The second-order valence-electron chi connectivity index (χ2n) is 5.29. The van der Waals surface area contributed by atoms with Gasteiger partial charge >= 0.3 is 0 Å². The SMILES string of the molecule is COCC1CCCN(C(=O)C2CCCNC2)C1.Cl. The lowest BCUT2D eigenvalue weighted by Crippen LogP contribution is -2.47. The van der Waals surface area contributed by atoms with Crippen LogP contribution in [0.3, 0.4) is 0 Å². The zero-order chi connectivity index (χ0) is 12.1. The number of carbonyl (C=O) groups excluding carboxylic acids is 1. The van der Waals surface area contributed by atoms with E-state index in [2.05, 4.69) is 10.2 Å². The van der Waals surface area contributed by atoms with Gasteiger partial charge in [-0.2, -0.15) is 0 Å². The van der Waals surface area contributed by atoms with Gasteiger partial charge in [-0.3, -0.25) is 4.79 Å². The van der Waals surface area contributed by atoms with Crippen molar-refractivity contribution in [2.24, 2.45) is 11.8 Å². The molecule has 4 nitrogen and oxygen atoms in total. The normalized spacial score (nSPS) is 28.6. The van der Waals surface area contributed by atoms with Crippen molar-refractivity contribution in [3.8, 4) is 0 Å². The molecule has 2 unspecified atom stereocenters. The molecule has 2 rings (SSSR count). The number of carbonyl (C=O) groups is 1. The van der Waals surface area contributed by atoms with Crippen molar-refractivity contribution in [1.29, 1.82) is 0 Å². The van der Waals surface area contributed by atoms with E-state index < -0.39 is 0 Å². The van der Waals surface area contributed by atoms with Gasteiger partial charge < -0.3 is 15.0 Å². The van der Waals surface area contributed by atoms with Gasteiger partial charge in [-0.1, -0.05) is 0 Å². The number of likely N-dealkylation sites (tertiary alicyclic amines) is 1. The smallest absolute Gasteiger partial charge is 0.226 e. The van der Waals surface area contributed by atoms with Crippen LogP contribution in [0, 0.1) is 11.8 Å². The first-order valence-electron chi connectivity index (χ1n) is 6.79. The van der Waals surface area contributed by atoms with Crippen molar-refractivity contribution in [3.05, 3.63) is 0 Å². The van der Waals surface area contributed by atoms with Gasteiger partial charge in [0.2, 0.25) is 5.91 Å². The number of ether oxygens (including phenoxy) is 1. The van der Waals surface area contributed by atoms with E-state index in [0.717, 1.165) is 52.0 Å². The van der Waals surface area contributed by atoms with Crippen LogP contribution in [0.2, 0.25) is 0 Å². The highest BCUT2D eigenvalue weighted by Gasteiger charge is 2.29. The Labute approximate surface area is 116 Å². The Morgan fingerprint density at radius 3 is 2.89 bits per heavy atom. The predicted octanol–water partition coefficient (Wildman–Crippen LogP) is 1.29. The van der Waals surface area contributed by atoms with Gasteiger partial charge in [-0.15, -0.1) is 12.4 Å². The molecule has 0 aromatic heterocycles. The summed E-state index contributed by atoms with van der Waals surface area (Å²) in [5, 5.41) is 3.32. The molecule has 0 saturated carbocycles. The van der Waals surface area contributed by atoms with Crippen molar-refractivity contribution in [3.63, 3.8) is 0 Å². The number of methoxy groups -OCH3 is 1. The zero-order valence-electron chi connectivity index (χ0n) is 11.2. The number of halogens is 1. The molecule has 2 aliphatic heterocycles. The molecule has 0 aliphatic carbocycles. The summed E-state index contributed by atoms with van der Waals surface area (Å²) in [5.41, 5.74) is 0. The number of hydrogen-bond acceptors (Lipinski definition) is 3. The third-order valence-electron chi connectivity index (χ3n) is 3.88. The average molecular weight is 277 g/mol. The molecule has 2 saturated heterocycles. The van der Waals surface area contributed by atoms with Crippen molar-refractivity contribution >= 4 is 18.3 Å². The Balaban J connectivity index is 0.00000162. The quantitative estimate of drug-likeness (QED) is 0.845. The minimum absolute atomic E-state index is 0. The van der Waals surface area contributed by atoms with Gasteiger partial charge in [-0.25, -0.2) is 0 Å². The molecule has 2 atom stereocenters. The van der Waals surface area contributed by atoms with Crippen LogP contribution in [0.1, 0.15) is 25.7 Å². The summed E-state index contributed by atoms with van der Waals surface area (Å²) in [5.74, 6) is 1.11. The number of amides is 1. The number of nitrogens with one attached hydrogen (secondary N) is 1. The van der Waals surface area contributed by atoms with E-state index in [4.69, 9.17) is 4.74 Å². The minimum atomic E-state index is 0. The summed E-state index contributed by atoms with van der Waals surface area (Å²) >= 11 is 0. The van der Waals surface area contributed by atoms with Crippen LogP contribution in [0.4, 0.5) is 0 Å². The highest BCUT2D eigenvalue weighted by molar-refractivity contribution is 5.85. The summed E-state index contributed by atoms with van der Waals surface area (Å²) in [4.78, 5) is 14.4. The van der Waals surface area contributed by atoms with Crippen LogP contribution in [-0.2, 0) is 9.53 Å². The monoisotopic (exact) mass is 276 g/mol. The first-order valence-corrected chi connectivity index (χ1v) is 6.79. The Morgan fingerprint density at radius 2 is 2.22 bits per heavy atom. The van der Waals surface area contributed by atoms with Crippen LogP contribution in [0.5, 0.6) is 0 Å². The van der Waals surface area contributed by atoms with Crippen molar-refractivity contribution in [1.82, 2.24) is 10.2 Å². The summed E-state index contributed by atoms with van der Waals surface area (Å²) in [7, 11) is 1.74. The molecule has 2 fully saturated rings. The molecule has 0 aromatic rings. The molecule has 5 heteroatoms. The van der Waals surface area contributed by atoms with Crippen molar-refractivity contribution in [2.75, 3.05) is 39.9 Å². The maximum Gasteiger partial charge on any atom is 0.226 e. The minimum Gasteiger partial charge on any atom is -0.384 e. The lowest BCUT2D eigenvalue weighted by atomic mass is 9.94. The standard InChI is InChI=1S/C13H24N2O2.ClH/c1-17-10-11-4-3-7-15(9-11)13(16)12-5-2-6-14-8-12;/h11-12,14H,2-10H2,1H3;1H. The average Bonchev–Trinajstić information content (AvgIpc) is 2.40. The van der Waals surface area contributed by atoms with Crippen LogP contribution >= 0.6 is 12.4 Å². The van der Waals surface area contributed by atoms with Crippen LogP contribution in [-0.4, -0.2) is 50.7 Å². The summed E-state index contributed by atoms with van der Waals surface area (Å²) in [6.07, 6.45) is 4.50. The number of hydrogen-bond donors (Lipinski definition) is 1. The lowest BCUT2D eigenvalue weighted by Gasteiger charge is -2.35. The molecule has 1 N–H and O–H groups in total.